The number of aromatic nitrogens is 6. The first kappa shape index (κ1) is 16.2. The number of urea groups is 1. The summed E-state index contributed by atoms with van der Waals surface area (Å²) in [6.07, 6.45) is 6.55. The summed E-state index contributed by atoms with van der Waals surface area (Å²) >= 11 is 0. The van der Waals surface area contributed by atoms with Gasteiger partial charge < -0.3 is 14.7 Å². The molecule has 0 unspecified atom stereocenters. The molecule has 0 saturated carbocycles. The number of carbonyl (C=O) groups is 1. The van der Waals surface area contributed by atoms with Gasteiger partial charge in [-0.25, -0.2) is 14.8 Å². The number of nitrogens with one attached hydrogen (secondary N) is 2. The average molecular weight is 354 g/mol. The minimum absolute atomic E-state index is 0.0580. The predicted molar refractivity (Wildman–Crippen MR) is 89.6 cm³/mol. The molecule has 26 heavy (non-hydrogen) atoms. The van der Waals surface area contributed by atoms with Gasteiger partial charge in [0.1, 0.15) is 23.0 Å². The lowest BCUT2D eigenvalue weighted by molar-refractivity contribution is 0.190. The fourth-order valence-corrected chi connectivity index (χ4v) is 3.02. The zero-order chi connectivity index (χ0) is 17.9. The van der Waals surface area contributed by atoms with Crippen molar-refractivity contribution in [2.45, 2.75) is 32.4 Å². The van der Waals surface area contributed by atoms with Crippen LogP contribution >= 0.6 is 0 Å². The second kappa shape index (κ2) is 6.90. The molecule has 0 aromatic carbocycles. The number of aryl methyl sites for hydroxylation is 1. The first-order chi connectivity index (χ1) is 12.7. The van der Waals surface area contributed by atoms with Gasteiger partial charge in [0.2, 0.25) is 5.82 Å². The summed E-state index contributed by atoms with van der Waals surface area (Å²) in [6.45, 7) is 2.77. The number of H-pyrrole nitrogens is 1. The number of rotatable bonds is 4. The number of hydrogen-bond acceptors (Lipinski definition) is 7. The second-order valence-corrected chi connectivity index (χ2v) is 6.07. The van der Waals surface area contributed by atoms with Crippen LogP contribution in [0.4, 0.5) is 4.79 Å². The van der Waals surface area contributed by atoms with Crippen molar-refractivity contribution >= 4 is 6.03 Å². The van der Waals surface area contributed by atoms with Crippen molar-refractivity contribution in [3.8, 4) is 11.5 Å². The van der Waals surface area contributed by atoms with Crippen molar-refractivity contribution in [2.75, 3.05) is 6.54 Å². The van der Waals surface area contributed by atoms with Crippen LogP contribution in [0.5, 0.6) is 0 Å². The fraction of sp³-hybridized carbons (Fsp3) is 0.375. The van der Waals surface area contributed by atoms with Crippen LogP contribution in [0.25, 0.3) is 11.5 Å². The van der Waals surface area contributed by atoms with E-state index in [-0.39, 0.29) is 18.6 Å². The maximum Gasteiger partial charge on any atom is 0.318 e. The maximum atomic E-state index is 12.6. The molecule has 0 bridgehead atoms. The smallest absolute Gasteiger partial charge is 0.318 e. The SMILES string of the molecule is Cc1cc([C@H]2CCCN2C(=O)NCc2nc(-c3cnccn3)n[nH]2)no1. The molecule has 2 N–H and O–H groups in total. The van der Waals surface area contributed by atoms with Crippen molar-refractivity contribution in [1.29, 1.82) is 0 Å². The van der Waals surface area contributed by atoms with E-state index in [9.17, 15) is 4.79 Å². The lowest BCUT2D eigenvalue weighted by Gasteiger charge is -2.23. The molecule has 2 amide bonds. The van der Waals surface area contributed by atoms with Gasteiger partial charge >= 0.3 is 6.03 Å². The van der Waals surface area contributed by atoms with E-state index in [1.165, 1.54) is 0 Å². The van der Waals surface area contributed by atoms with Gasteiger partial charge in [-0.2, -0.15) is 5.10 Å². The monoisotopic (exact) mass is 354 g/mol. The Hall–Kier alpha value is -3.30. The highest BCUT2D eigenvalue weighted by Crippen LogP contribution is 2.31. The standard InChI is InChI=1S/C16H18N8O2/c1-10-7-11(23-26-10)13-3-2-6-24(13)16(25)19-9-14-20-15(22-21-14)12-8-17-4-5-18-12/h4-5,7-8,13H,2-3,6,9H2,1H3,(H,19,25)(H,20,21,22)/t13-/m1/s1. The van der Waals surface area contributed by atoms with Crippen LogP contribution in [0, 0.1) is 6.92 Å². The molecule has 4 heterocycles. The lowest BCUT2D eigenvalue weighted by atomic mass is 10.1. The van der Waals surface area contributed by atoms with Crippen LogP contribution < -0.4 is 5.32 Å². The number of hydrogen-bond donors (Lipinski definition) is 2. The second-order valence-electron chi connectivity index (χ2n) is 6.07. The normalized spacial score (nSPS) is 16.8. The lowest BCUT2D eigenvalue weighted by Crippen LogP contribution is -2.39. The maximum absolute atomic E-state index is 12.6. The molecule has 10 nitrogen and oxygen atoms in total. The van der Waals surface area contributed by atoms with E-state index in [1.54, 1.807) is 23.5 Å². The molecule has 1 fully saturated rings. The molecule has 1 saturated heterocycles. The van der Waals surface area contributed by atoms with Gasteiger partial charge in [0.15, 0.2) is 0 Å². The van der Waals surface area contributed by atoms with Gasteiger partial charge in [-0.3, -0.25) is 10.1 Å². The summed E-state index contributed by atoms with van der Waals surface area (Å²) < 4.78 is 5.14. The quantitative estimate of drug-likeness (QED) is 0.729. The van der Waals surface area contributed by atoms with E-state index in [2.05, 4.69) is 35.6 Å². The first-order valence-corrected chi connectivity index (χ1v) is 8.36. The zero-order valence-electron chi connectivity index (χ0n) is 14.2. The van der Waals surface area contributed by atoms with E-state index in [1.807, 2.05) is 13.0 Å². The third-order valence-electron chi connectivity index (χ3n) is 4.23. The number of carbonyl (C=O) groups excluding carboxylic acids is 1. The molecule has 0 spiro atoms. The van der Waals surface area contributed by atoms with E-state index in [0.717, 1.165) is 24.3 Å². The van der Waals surface area contributed by atoms with Crippen LogP contribution in [0.15, 0.2) is 29.2 Å². The third kappa shape index (κ3) is 3.25. The number of nitrogens with zero attached hydrogens (tertiary/aromatic N) is 6. The summed E-state index contributed by atoms with van der Waals surface area (Å²) in [4.78, 5) is 26.8. The molecule has 0 aliphatic carbocycles. The third-order valence-corrected chi connectivity index (χ3v) is 4.23. The molecule has 3 aromatic rings. The largest absolute Gasteiger partial charge is 0.361 e. The Labute approximate surface area is 149 Å². The Kier molecular flexibility index (Phi) is 4.30. The molecule has 0 radical (unpaired) electrons. The van der Waals surface area contributed by atoms with Crippen LogP contribution in [0.3, 0.4) is 0 Å². The number of likely N-dealkylation sites (tertiary alicyclic amines) is 1. The van der Waals surface area contributed by atoms with Crippen LogP contribution in [0.2, 0.25) is 0 Å². The summed E-state index contributed by atoms with van der Waals surface area (Å²) in [5.41, 5.74) is 1.36. The van der Waals surface area contributed by atoms with Crippen molar-refractivity contribution < 1.29 is 9.32 Å². The van der Waals surface area contributed by atoms with Gasteiger partial charge in [-0.05, 0) is 19.8 Å². The first-order valence-electron chi connectivity index (χ1n) is 8.36. The average Bonchev–Trinajstić information content (AvgIpc) is 3.40. The highest BCUT2D eigenvalue weighted by Gasteiger charge is 2.32. The highest BCUT2D eigenvalue weighted by molar-refractivity contribution is 5.75. The number of aromatic amines is 1. The molecular formula is C16H18N8O2. The molecule has 1 aliphatic heterocycles. The van der Waals surface area contributed by atoms with Crippen molar-refractivity contribution in [3.05, 3.63) is 41.9 Å². The van der Waals surface area contributed by atoms with Crippen LogP contribution in [-0.4, -0.2) is 47.8 Å². The van der Waals surface area contributed by atoms with Gasteiger partial charge in [0, 0.05) is 25.0 Å². The Morgan fingerprint density at radius 2 is 2.38 bits per heavy atom. The molecule has 3 aromatic heterocycles. The van der Waals surface area contributed by atoms with Crippen molar-refractivity contribution in [1.82, 2.24) is 40.5 Å². The molecule has 1 atom stereocenters. The van der Waals surface area contributed by atoms with E-state index >= 15 is 0 Å². The van der Waals surface area contributed by atoms with E-state index in [4.69, 9.17) is 4.52 Å². The Bertz CT molecular complexity index is 891. The number of amides is 2. The van der Waals surface area contributed by atoms with Gasteiger partial charge in [0.05, 0.1) is 18.8 Å². The Morgan fingerprint density at radius 3 is 3.15 bits per heavy atom. The zero-order valence-corrected chi connectivity index (χ0v) is 14.2. The molecule has 1 aliphatic rings. The van der Waals surface area contributed by atoms with Crippen molar-refractivity contribution in [2.24, 2.45) is 0 Å². The van der Waals surface area contributed by atoms with Gasteiger partial charge in [-0.15, -0.1) is 0 Å². The van der Waals surface area contributed by atoms with Crippen LogP contribution in [0.1, 0.15) is 36.2 Å². The molecule has 10 heteroatoms. The van der Waals surface area contributed by atoms with Crippen molar-refractivity contribution in [3.63, 3.8) is 0 Å². The van der Waals surface area contributed by atoms with E-state index in [0.29, 0.717) is 23.9 Å². The minimum atomic E-state index is -0.161. The minimum Gasteiger partial charge on any atom is -0.361 e. The fourth-order valence-electron chi connectivity index (χ4n) is 3.02. The Morgan fingerprint density at radius 1 is 1.46 bits per heavy atom. The van der Waals surface area contributed by atoms with Gasteiger partial charge in [-0.1, -0.05) is 5.16 Å². The summed E-state index contributed by atoms with van der Waals surface area (Å²) in [7, 11) is 0. The topological polar surface area (TPSA) is 126 Å². The molecular weight excluding hydrogens is 336 g/mol. The predicted octanol–water partition coefficient (Wildman–Crippen LogP) is 1.60. The van der Waals surface area contributed by atoms with Crippen LogP contribution in [-0.2, 0) is 6.54 Å². The summed E-state index contributed by atoms with van der Waals surface area (Å²) in [6, 6.07) is 1.66. The highest BCUT2D eigenvalue weighted by atomic mass is 16.5. The Balaban J connectivity index is 1.39. The summed E-state index contributed by atoms with van der Waals surface area (Å²) in [5.74, 6) is 1.73. The molecule has 134 valence electrons. The molecule has 4 rings (SSSR count). The summed E-state index contributed by atoms with van der Waals surface area (Å²) in [5, 5.41) is 13.8. The van der Waals surface area contributed by atoms with E-state index < -0.39 is 0 Å². The van der Waals surface area contributed by atoms with Gasteiger partial charge in [0.25, 0.3) is 0 Å².